The Hall–Kier alpha value is -0.643. The van der Waals surface area contributed by atoms with Crippen LogP contribution in [0.5, 0.6) is 0 Å². The van der Waals surface area contributed by atoms with Gasteiger partial charge in [-0.05, 0) is 25.8 Å². The van der Waals surface area contributed by atoms with Gasteiger partial charge in [-0.1, -0.05) is 37.3 Å². The molecule has 0 amide bonds. The Morgan fingerprint density at radius 2 is 1.85 bits per heavy atom. The minimum atomic E-state index is -1.08. The van der Waals surface area contributed by atoms with Gasteiger partial charge in [-0.15, -0.1) is 0 Å². The van der Waals surface area contributed by atoms with E-state index in [-0.39, 0.29) is 0 Å². The molecule has 0 radical (unpaired) electrons. The van der Waals surface area contributed by atoms with Crippen LogP contribution in [-0.4, -0.2) is 34.3 Å². The Kier molecular flexibility index (Phi) is 4.15. The lowest BCUT2D eigenvalue weighted by Crippen LogP contribution is -2.55. The average molecular weight is 194 g/mol. The summed E-state index contributed by atoms with van der Waals surface area (Å²) in [5, 5.41) is 1.45. The molecule has 3 heteroatoms. The average Bonchev–Trinajstić information content (AvgIpc) is 2.15. The van der Waals surface area contributed by atoms with Crippen LogP contribution in [-0.2, 0) is 0 Å². The molecule has 0 saturated heterocycles. The van der Waals surface area contributed by atoms with Gasteiger partial charge in [-0.3, -0.25) is 0 Å². The van der Waals surface area contributed by atoms with Gasteiger partial charge in [-0.2, -0.15) is 0 Å². The summed E-state index contributed by atoms with van der Waals surface area (Å²) in [7, 11) is 3.21. The normalized spacial score (nSPS) is 13.2. The van der Waals surface area contributed by atoms with E-state index < -0.39 is 9.12 Å². The molecule has 0 spiro atoms. The second-order valence-electron chi connectivity index (χ2n) is 3.33. The first-order valence-corrected chi connectivity index (χ1v) is 6.37. The van der Waals surface area contributed by atoms with E-state index in [0.717, 1.165) is 6.54 Å². The van der Waals surface area contributed by atoms with Crippen LogP contribution in [0, 0.1) is 0 Å². The van der Waals surface area contributed by atoms with Gasteiger partial charge in [0, 0.05) is 0 Å². The van der Waals surface area contributed by atoms with E-state index >= 15 is 0 Å². The Morgan fingerprint density at radius 1 is 1.23 bits per heavy atom. The summed E-state index contributed by atoms with van der Waals surface area (Å²) in [6.07, 6.45) is 0. The van der Waals surface area contributed by atoms with Crippen LogP contribution in [0.2, 0.25) is 0 Å². The Labute approximate surface area is 82.3 Å². The van der Waals surface area contributed by atoms with Gasteiger partial charge in [0.15, 0.2) is 0 Å². The van der Waals surface area contributed by atoms with Gasteiger partial charge < -0.3 is 9.55 Å². The summed E-state index contributed by atoms with van der Waals surface area (Å²) in [5.41, 5.74) is 0. The van der Waals surface area contributed by atoms with E-state index in [1.807, 2.05) is 0 Å². The number of hydrogen-bond acceptors (Lipinski definition) is 2. The summed E-state index contributed by atoms with van der Waals surface area (Å²) in [4.78, 5) is 3.56. The zero-order valence-electron chi connectivity index (χ0n) is 8.62. The predicted octanol–water partition coefficient (Wildman–Crippen LogP) is 0.285. The fourth-order valence-corrected chi connectivity index (χ4v) is 3.60. The van der Waals surface area contributed by atoms with Crippen molar-refractivity contribution in [3.8, 4) is 0 Å². The van der Waals surface area contributed by atoms with Crippen LogP contribution in [0.1, 0.15) is 6.92 Å². The SMILES string of the molecule is CCN[SiH](c1ccccc1)N(C)C. The van der Waals surface area contributed by atoms with Crippen molar-refractivity contribution in [2.75, 3.05) is 20.6 Å². The zero-order valence-corrected chi connectivity index (χ0v) is 9.77. The number of nitrogens with zero attached hydrogens (tertiary/aromatic N) is 1. The molecule has 1 aromatic rings. The van der Waals surface area contributed by atoms with Gasteiger partial charge in [-0.25, -0.2) is 0 Å². The lowest BCUT2D eigenvalue weighted by Gasteiger charge is -2.23. The first kappa shape index (κ1) is 10.4. The Bertz CT molecular complexity index is 236. The smallest absolute Gasteiger partial charge is 0.219 e. The third kappa shape index (κ3) is 2.95. The number of benzene rings is 1. The zero-order chi connectivity index (χ0) is 9.68. The Morgan fingerprint density at radius 3 is 2.31 bits per heavy atom. The standard InChI is InChI=1S/C10H18N2Si/c1-4-11-13(12(2)3)10-8-6-5-7-9-10/h5-9,11,13H,4H2,1-3H3. The number of rotatable bonds is 4. The highest BCUT2D eigenvalue weighted by Gasteiger charge is 2.13. The minimum absolute atomic E-state index is 1.05. The van der Waals surface area contributed by atoms with Crippen molar-refractivity contribution >= 4 is 14.3 Å². The molecule has 1 rings (SSSR count). The van der Waals surface area contributed by atoms with Gasteiger partial charge >= 0.3 is 0 Å². The van der Waals surface area contributed by atoms with Crippen LogP contribution >= 0.6 is 0 Å². The molecule has 0 fully saturated rings. The van der Waals surface area contributed by atoms with Crippen molar-refractivity contribution in [2.24, 2.45) is 0 Å². The molecule has 0 aliphatic heterocycles. The quantitative estimate of drug-likeness (QED) is 0.693. The maximum atomic E-state index is 3.56. The van der Waals surface area contributed by atoms with Gasteiger partial charge in [0.25, 0.3) is 0 Å². The molecule has 1 unspecified atom stereocenters. The molecule has 1 N–H and O–H groups in total. The molecular weight excluding hydrogens is 176 g/mol. The van der Waals surface area contributed by atoms with Crippen LogP contribution in [0.25, 0.3) is 0 Å². The molecule has 1 atom stereocenters. The van der Waals surface area contributed by atoms with Crippen molar-refractivity contribution in [3.63, 3.8) is 0 Å². The molecule has 0 aliphatic rings. The van der Waals surface area contributed by atoms with Crippen molar-refractivity contribution in [1.29, 1.82) is 0 Å². The van der Waals surface area contributed by atoms with E-state index in [9.17, 15) is 0 Å². The van der Waals surface area contributed by atoms with Crippen molar-refractivity contribution in [3.05, 3.63) is 30.3 Å². The highest BCUT2D eigenvalue weighted by molar-refractivity contribution is 6.68. The molecule has 0 heterocycles. The van der Waals surface area contributed by atoms with Crippen LogP contribution in [0.3, 0.4) is 0 Å². The third-order valence-corrected chi connectivity index (χ3v) is 4.87. The minimum Gasteiger partial charge on any atom is -0.325 e. The van der Waals surface area contributed by atoms with Crippen LogP contribution in [0.4, 0.5) is 0 Å². The van der Waals surface area contributed by atoms with Crippen molar-refractivity contribution < 1.29 is 0 Å². The number of hydrogen-bond donors (Lipinski definition) is 1. The second-order valence-corrected chi connectivity index (χ2v) is 6.25. The monoisotopic (exact) mass is 194 g/mol. The van der Waals surface area contributed by atoms with Gasteiger partial charge in [0.2, 0.25) is 9.12 Å². The van der Waals surface area contributed by atoms with E-state index in [0.29, 0.717) is 0 Å². The molecule has 0 saturated carbocycles. The summed E-state index contributed by atoms with van der Waals surface area (Å²) < 4.78 is 2.32. The van der Waals surface area contributed by atoms with Gasteiger partial charge in [0.1, 0.15) is 0 Å². The Balaban J connectivity index is 2.76. The topological polar surface area (TPSA) is 15.3 Å². The largest absolute Gasteiger partial charge is 0.325 e. The lowest BCUT2D eigenvalue weighted by atomic mass is 10.4. The lowest BCUT2D eigenvalue weighted by molar-refractivity contribution is 0.628. The molecule has 2 nitrogen and oxygen atoms in total. The first-order valence-electron chi connectivity index (χ1n) is 4.70. The highest BCUT2D eigenvalue weighted by atomic mass is 28.3. The highest BCUT2D eigenvalue weighted by Crippen LogP contribution is 1.88. The van der Waals surface area contributed by atoms with Crippen LogP contribution < -0.4 is 10.2 Å². The van der Waals surface area contributed by atoms with E-state index in [4.69, 9.17) is 0 Å². The van der Waals surface area contributed by atoms with E-state index in [1.165, 1.54) is 5.19 Å². The fourth-order valence-electron chi connectivity index (χ4n) is 1.43. The molecular formula is C10H18N2Si. The van der Waals surface area contributed by atoms with E-state index in [1.54, 1.807) is 0 Å². The molecule has 1 aromatic carbocycles. The molecule has 0 bridgehead atoms. The summed E-state index contributed by atoms with van der Waals surface area (Å²) in [6, 6.07) is 10.7. The molecule has 0 aliphatic carbocycles. The predicted molar refractivity (Wildman–Crippen MR) is 60.6 cm³/mol. The van der Waals surface area contributed by atoms with Crippen molar-refractivity contribution in [2.45, 2.75) is 6.92 Å². The van der Waals surface area contributed by atoms with E-state index in [2.05, 4.69) is 60.9 Å². The first-order chi connectivity index (χ1) is 6.25. The summed E-state index contributed by atoms with van der Waals surface area (Å²) >= 11 is 0. The molecule has 72 valence electrons. The molecule has 0 aromatic heterocycles. The second kappa shape index (κ2) is 5.17. The van der Waals surface area contributed by atoms with Gasteiger partial charge in [0.05, 0.1) is 0 Å². The maximum absolute atomic E-state index is 3.56. The summed E-state index contributed by atoms with van der Waals surface area (Å²) in [5.74, 6) is 0. The van der Waals surface area contributed by atoms with Crippen LogP contribution in [0.15, 0.2) is 30.3 Å². The third-order valence-electron chi connectivity index (χ3n) is 2.03. The maximum Gasteiger partial charge on any atom is 0.219 e. The molecule has 13 heavy (non-hydrogen) atoms. The number of nitrogens with one attached hydrogen (secondary N) is 1. The summed E-state index contributed by atoms with van der Waals surface area (Å²) in [6.45, 7) is 3.20. The van der Waals surface area contributed by atoms with Crippen molar-refractivity contribution in [1.82, 2.24) is 9.55 Å². The fraction of sp³-hybridized carbons (Fsp3) is 0.400.